The third kappa shape index (κ3) is 2.02. The maximum absolute atomic E-state index is 5.64. The van der Waals surface area contributed by atoms with Crippen molar-refractivity contribution in [2.75, 3.05) is 0 Å². The fourth-order valence-corrected chi connectivity index (χ4v) is 1.69. The van der Waals surface area contributed by atoms with Crippen LogP contribution in [-0.4, -0.2) is 16.6 Å². The molecule has 1 aromatic carbocycles. The lowest BCUT2D eigenvalue weighted by atomic mass is 10.1. The van der Waals surface area contributed by atoms with E-state index in [2.05, 4.69) is 25.8 Å². The summed E-state index contributed by atoms with van der Waals surface area (Å²) in [5, 5.41) is 1.82. The summed E-state index contributed by atoms with van der Waals surface area (Å²) in [6, 6.07) is 10.2. The monoisotopic (exact) mass is 219 g/mol. The first-order chi connectivity index (χ1) is 7.48. The van der Waals surface area contributed by atoms with Gasteiger partial charge >= 0.3 is 6.02 Å². The lowest BCUT2D eigenvalue weighted by Gasteiger charge is -2.33. The summed E-state index contributed by atoms with van der Waals surface area (Å²) in [6.45, 7) is 6.20. The Balaban J connectivity index is 2.32. The van der Waals surface area contributed by atoms with Gasteiger partial charge in [-0.15, -0.1) is 5.06 Å². The molecule has 4 nitrogen and oxygen atoms in total. The second-order valence-corrected chi connectivity index (χ2v) is 4.84. The molecule has 16 heavy (non-hydrogen) atoms. The van der Waals surface area contributed by atoms with Crippen molar-refractivity contribution in [1.82, 2.24) is 5.06 Å². The Morgan fingerprint density at radius 1 is 1.25 bits per heavy atom. The molecule has 1 aliphatic rings. The van der Waals surface area contributed by atoms with Gasteiger partial charge in [-0.25, -0.2) is 4.99 Å². The zero-order valence-corrected chi connectivity index (χ0v) is 9.84. The molecule has 0 spiro atoms. The Morgan fingerprint density at radius 2 is 1.88 bits per heavy atom. The van der Waals surface area contributed by atoms with Gasteiger partial charge in [0.25, 0.3) is 0 Å². The van der Waals surface area contributed by atoms with E-state index in [-0.39, 0.29) is 17.7 Å². The molecule has 2 N–H and O–H groups in total. The average molecular weight is 219 g/mol. The van der Waals surface area contributed by atoms with Crippen molar-refractivity contribution in [3.63, 3.8) is 0 Å². The van der Waals surface area contributed by atoms with Crippen LogP contribution < -0.4 is 5.73 Å². The van der Waals surface area contributed by atoms with Crippen molar-refractivity contribution in [1.29, 1.82) is 0 Å². The fraction of sp³-hybridized carbons (Fsp3) is 0.417. The lowest BCUT2D eigenvalue weighted by molar-refractivity contribution is -0.151. The molecule has 86 valence electrons. The van der Waals surface area contributed by atoms with E-state index in [0.717, 1.165) is 5.56 Å². The van der Waals surface area contributed by atoms with Crippen LogP contribution in [0.2, 0.25) is 0 Å². The number of hydrogen-bond donors (Lipinski definition) is 1. The molecule has 0 amide bonds. The summed E-state index contributed by atoms with van der Waals surface area (Å²) in [4.78, 5) is 9.76. The molecule has 1 heterocycles. The largest absolute Gasteiger partial charge is 0.365 e. The quantitative estimate of drug-likeness (QED) is 0.786. The number of aliphatic imine (C=N–C) groups is 1. The van der Waals surface area contributed by atoms with E-state index in [1.165, 1.54) is 0 Å². The van der Waals surface area contributed by atoms with Crippen LogP contribution in [0, 0.1) is 0 Å². The van der Waals surface area contributed by atoms with Crippen LogP contribution in [-0.2, 0) is 4.84 Å². The molecular formula is C12H17N3O. The highest BCUT2D eigenvalue weighted by atomic mass is 16.7. The molecule has 0 radical (unpaired) electrons. The second-order valence-electron chi connectivity index (χ2n) is 4.84. The third-order valence-corrected chi connectivity index (χ3v) is 2.42. The van der Waals surface area contributed by atoms with E-state index in [9.17, 15) is 0 Å². The van der Waals surface area contributed by atoms with Crippen molar-refractivity contribution in [2.45, 2.75) is 32.5 Å². The van der Waals surface area contributed by atoms with Gasteiger partial charge in [0.2, 0.25) is 0 Å². The molecular weight excluding hydrogens is 202 g/mol. The van der Waals surface area contributed by atoms with E-state index in [1.807, 2.05) is 35.4 Å². The van der Waals surface area contributed by atoms with Crippen LogP contribution in [0.1, 0.15) is 32.5 Å². The Labute approximate surface area is 95.7 Å². The molecule has 4 heteroatoms. The standard InChI is InChI=1S/C12H17N3O/c1-12(2,3)15-10(14-11(13)16-15)9-7-5-4-6-8-9/h4-8,10H,1-3H3,(H2,13,14). The van der Waals surface area contributed by atoms with Gasteiger partial charge in [0.15, 0.2) is 6.17 Å². The van der Waals surface area contributed by atoms with Gasteiger partial charge in [0, 0.05) is 0 Å². The normalized spacial score (nSPS) is 21.7. The topological polar surface area (TPSA) is 50.9 Å². The van der Waals surface area contributed by atoms with Crippen molar-refractivity contribution < 1.29 is 4.84 Å². The molecule has 0 fully saturated rings. The van der Waals surface area contributed by atoms with Crippen LogP contribution >= 0.6 is 0 Å². The van der Waals surface area contributed by atoms with Crippen molar-refractivity contribution in [2.24, 2.45) is 10.7 Å². The van der Waals surface area contributed by atoms with E-state index in [4.69, 9.17) is 10.6 Å². The summed E-state index contributed by atoms with van der Waals surface area (Å²) in [7, 11) is 0. The van der Waals surface area contributed by atoms with E-state index >= 15 is 0 Å². The Morgan fingerprint density at radius 3 is 2.44 bits per heavy atom. The van der Waals surface area contributed by atoms with Crippen molar-refractivity contribution in [3.05, 3.63) is 35.9 Å². The second kappa shape index (κ2) is 3.79. The molecule has 1 aromatic rings. The SMILES string of the molecule is CC(C)(C)N1OC(N)=NC1c1ccccc1. The minimum atomic E-state index is -0.152. The maximum Gasteiger partial charge on any atom is 0.304 e. The van der Waals surface area contributed by atoms with Crippen LogP contribution in [0.25, 0.3) is 0 Å². The molecule has 0 aromatic heterocycles. The predicted molar refractivity (Wildman–Crippen MR) is 63.5 cm³/mol. The van der Waals surface area contributed by atoms with Gasteiger partial charge < -0.3 is 10.6 Å². The maximum atomic E-state index is 5.64. The van der Waals surface area contributed by atoms with Gasteiger partial charge in [-0.05, 0) is 26.3 Å². The first-order valence-electron chi connectivity index (χ1n) is 5.34. The smallest absolute Gasteiger partial charge is 0.304 e. The van der Waals surface area contributed by atoms with E-state index in [0.29, 0.717) is 0 Å². The molecule has 1 aliphatic heterocycles. The average Bonchev–Trinajstić information content (AvgIpc) is 2.61. The molecule has 1 unspecified atom stereocenters. The minimum absolute atomic E-state index is 0.148. The molecule has 0 bridgehead atoms. The summed E-state index contributed by atoms with van der Waals surface area (Å²) in [6.07, 6.45) is -0.152. The number of hydrogen-bond acceptors (Lipinski definition) is 4. The molecule has 1 atom stereocenters. The van der Waals surface area contributed by atoms with Gasteiger partial charge in [-0.3, -0.25) is 0 Å². The number of rotatable bonds is 1. The summed E-state index contributed by atoms with van der Waals surface area (Å²) in [5.41, 5.74) is 6.57. The number of amidine groups is 1. The Bertz CT molecular complexity index is 394. The summed E-state index contributed by atoms with van der Waals surface area (Å²) < 4.78 is 0. The van der Waals surface area contributed by atoms with Crippen LogP contribution in [0.15, 0.2) is 35.3 Å². The van der Waals surface area contributed by atoms with Gasteiger partial charge in [-0.1, -0.05) is 30.3 Å². The van der Waals surface area contributed by atoms with E-state index in [1.54, 1.807) is 0 Å². The fourth-order valence-electron chi connectivity index (χ4n) is 1.69. The first kappa shape index (κ1) is 11.0. The highest BCUT2D eigenvalue weighted by molar-refractivity contribution is 5.72. The minimum Gasteiger partial charge on any atom is -0.365 e. The van der Waals surface area contributed by atoms with Crippen LogP contribution in [0.4, 0.5) is 0 Å². The highest BCUT2D eigenvalue weighted by Crippen LogP contribution is 2.33. The molecule has 0 aliphatic carbocycles. The third-order valence-electron chi connectivity index (χ3n) is 2.42. The molecule has 0 saturated heterocycles. The Hall–Kier alpha value is -1.55. The van der Waals surface area contributed by atoms with Crippen LogP contribution in [0.5, 0.6) is 0 Å². The van der Waals surface area contributed by atoms with Crippen molar-refractivity contribution >= 4 is 6.02 Å². The number of nitrogens with two attached hydrogens (primary N) is 1. The molecule has 2 rings (SSSR count). The zero-order chi connectivity index (χ0) is 11.8. The lowest BCUT2D eigenvalue weighted by Crippen LogP contribution is -2.41. The van der Waals surface area contributed by atoms with Gasteiger partial charge in [0.05, 0.1) is 5.54 Å². The van der Waals surface area contributed by atoms with Crippen LogP contribution in [0.3, 0.4) is 0 Å². The predicted octanol–water partition coefficient (Wildman–Crippen LogP) is 2.05. The van der Waals surface area contributed by atoms with E-state index < -0.39 is 0 Å². The summed E-state index contributed by atoms with van der Waals surface area (Å²) in [5.74, 6) is 0. The Kier molecular flexibility index (Phi) is 2.59. The zero-order valence-electron chi connectivity index (χ0n) is 9.84. The van der Waals surface area contributed by atoms with Gasteiger partial charge in [0.1, 0.15) is 0 Å². The van der Waals surface area contributed by atoms with Crippen molar-refractivity contribution in [3.8, 4) is 0 Å². The number of nitrogens with zero attached hydrogens (tertiary/aromatic N) is 2. The summed E-state index contributed by atoms with van der Waals surface area (Å²) >= 11 is 0. The van der Waals surface area contributed by atoms with Gasteiger partial charge in [-0.2, -0.15) is 0 Å². The highest BCUT2D eigenvalue weighted by Gasteiger charge is 2.37. The number of benzene rings is 1. The first-order valence-corrected chi connectivity index (χ1v) is 5.34. The number of hydroxylamine groups is 2. The molecule has 0 saturated carbocycles.